The zero-order valence-corrected chi connectivity index (χ0v) is 13.0. The molecule has 0 amide bonds. The second-order valence-electron chi connectivity index (χ2n) is 3.65. The molecular formula is C14H12Cl2S2. The normalized spacial score (nSPS) is 10.6. The van der Waals surface area contributed by atoms with E-state index < -0.39 is 0 Å². The molecule has 0 radical (unpaired) electrons. The van der Waals surface area contributed by atoms with Crippen LogP contribution in [0.1, 0.15) is 5.56 Å². The predicted octanol–water partition coefficient (Wildman–Crippen LogP) is 6.01. The molecule has 0 aliphatic carbocycles. The summed E-state index contributed by atoms with van der Waals surface area (Å²) in [7, 11) is 0. The predicted molar refractivity (Wildman–Crippen MR) is 84.2 cm³/mol. The van der Waals surface area contributed by atoms with Crippen molar-refractivity contribution in [2.45, 2.75) is 15.5 Å². The fourth-order valence-corrected chi connectivity index (χ4v) is 3.99. The molecule has 0 aliphatic heterocycles. The van der Waals surface area contributed by atoms with Crippen LogP contribution in [0.2, 0.25) is 10.0 Å². The lowest BCUT2D eigenvalue weighted by atomic mass is 10.2. The van der Waals surface area contributed by atoms with Crippen LogP contribution in [0.3, 0.4) is 0 Å². The number of thioether (sulfide) groups is 2. The standard InChI is InChI=1S/C14H12Cl2S2/c1-17-13-8-3-2-5-10(13)9-18-14-11(15)6-4-7-12(14)16/h2-8H,9H2,1H3. The Balaban J connectivity index is 2.16. The van der Waals surface area contributed by atoms with Gasteiger partial charge in [0.2, 0.25) is 0 Å². The topological polar surface area (TPSA) is 0 Å². The van der Waals surface area contributed by atoms with Gasteiger partial charge in [-0.1, -0.05) is 47.5 Å². The van der Waals surface area contributed by atoms with E-state index in [1.807, 2.05) is 18.2 Å². The monoisotopic (exact) mass is 314 g/mol. The van der Waals surface area contributed by atoms with E-state index in [1.54, 1.807) is 23.5 Å². The van der Waals surface area contributed by atoms with Crippen LogP contribution in [-0.2, 0) is 5.75 Å². The molecular weight excluding hydrogens is 303 g/mol. The Morgan fingerprint density at radius 3 is 2.28 bits per heavy atom. The number of hydrogen-bond donors (Lipinski definition) is 0. The van der Waals surface area contributed by atoms with Crippen LogP contribution in [0.4, 0.5) is 0 Å². The molecule has 2 aromatic rings. The van der Waals surface area contributed by atoms with E-state index in [0.717, 1.165) is 10.6 Å². The fraction of sp³-hybridized carbons (Fsp3) is 0.143. The minimum absolute atomic E-state index is 0.717. The maximum absolute atomic E-state index is 6.16. The minimum Gasteiger partial charge on any atom is -0.129 e. The van der Waals surface area contributed by atoms with Crippen molar-refractivity contribution in [1.29, 1.82) is 0 Å². The first-order chi connectivity index (χ1) is 8.72. The summed E-state index contributed by atoms with van der Waals surface area (Å²) in [5.74, 6) is 0.875. The van der Waals surface area contributed by atoms with Crippen LogP contribution in [0.25, 0.3) is 0 Å². The zero-order valence-electron chi connectivity index (χ0n) is 9.82. The SMILES string of the molecule is CSc1ccccc1CSc1c(Cl)cccc1Cl. The lowest BCUT2D eigenvalue weighted by Crippen LogP contribution is -1.85. The van der Waals surface area contributed by atoms with Gasteiger partial charge in [-0.15, -0.1) is 23.5 Å². The van der Waals surface area contributed by atoms with Crippen LogP contribution < -0.4 is 0 Å². The Bertz CT molecular complexity index is 521. The van der Waals surface area contributed by atoms with Gasteiger partial charge in [-0.3, -0.25) is 0 Å². The molecule has 0 unspecified atom stereocenters. The Hall–Kier alpha value is -0.280. The average Bonchev–Trinajstić information content (AvgIpc) is 2.38. The maximum atomic E-state index is 6.16. The van der Waals surface area contributed by atoms with E-state index in [9.17, 15) is 0 Å². The van der Waals surface area contributed by atoms with Gasteiger partial charge in [-0.2, -0.15) is 0 Å². The summed E-state index contributed by atoms with van der Waals surface area (Å²) in [5, 5.41) is 1.43. The summed E-state index contributed by atoms with van der Waals surface area (Å²) in [6, 6.07) is 14.0. The average molecular weight is 315 g/mol. The molecule has 0 nitrogen and oxygen atoms in total. The largest absolute Gasteiger partial charge is 0.129 e. The highest BCUT2D eigenvalue weighted by Gasteiger charge is 2.07. The highest BCUT2D eigenvalue weighted by Crippen LogP contribution is 2.36. The Labute approximate surface area is 126 Å². The van der Waals surface area contributed by atoms with Crippen LogP contribution in [-0.4, -0.2) is 6.26 Å². The molecule has 2 rings (SSSR count). The molecule has 0 saturated heterocycles. The Morgan fingerprint density at radius 2 is 1.61 bits per heavy atom. The first-order valence-corrected chi connectivity index (χ1v) is 8.37. The van der Waals surface area contributed by atoms with Crippen LogP contribution in [0.15, 0.2) is 52.3 Å². The second kappa shape index (κ2) is 6.76. The molecule has 0 N–H and O–H groups in total. The van der Waals surface area contributed by atoms with E-state index >= 15 is 0 Å². The van der Waals surface area contributed by atoms with Crippen molar-refractivity contribution in [1.82, 2.24) is 0 Å². The van der Waals surface area contributed by atoms with E-state index in [0.29, 0.717) is 10.0 Å². The molecule has 0 saturated carbocycles. The van der Waals surface area contributed by atoms with Gasteiger partial charge in [0.25, 0.3) is 0 Å². The summed E-state index contributed by atoms with van der Waals surface area (Å²) in [4.78, 5) is 2.25. The van der Waals surface area contributed by atoms with Crippen molar-refractivity contribution in [2.24, 2.45) is 0 Å². The Kier molecular flexibility index (Phi) is 5.31. The van der Waals surface area contributed by atoms with Crippen LogP contribution in [0.5, 0.6) is 0 Å². The van der Waals surface area contributed by atoms with E-state index in [2.05, 4.69) is 30.5 Å². The van der Waals surface area contributed by atoms with Gasteiger partial charge in [0, 0.05) is 15.5 Å². The molecule has 2 aromatic carbocycles. The zero-order chi connectivity index (χ0) is 13.0. The van der Waals surface area contributed by atoms with Crippen molar-refractivity contribution in [3.05, 3.63) is 58.1 Å². The van der Waals surface area contributed by atoms with Crippen LogP contribution in [0, 0.1) is 0 Å². The van der Waals surface area contributed by atoms with Gasteiger partial charge >= 0.3 is 0 Å². The highest BCUT2D eigenvalue weighted by atomic mass is 35.5. The molecule has 0 fully saturated rings. The minimum atomic E-state index is 0.717. The van der Waals surface area contributed by atoms with Gasteiger partial charge in [0.15, 0.2) is 0 Å². The first-order valence-electron chi connectivity index (χ1n) is 5.41. The first kappa shape index (κ1) is 14.1. The number of halogens is 2. The van der Waals surface area contributed by atoms with Gasteiger partial charge in [-0.05, 0) is 30.0 Å². The summed E-state index contributed by atoms with van der Waals surface area (Å²) in [5.41, 5.74) is 1.31. The van der Waals surface area contributed by atoms with Crippen LogP contribution >= 0.6 is 46.7 Å². The van der Waals surface area contributed by atoms with Gasteiger partial charge in [-0.25, -0.2) is 0 Å². The maximum Gasteiger partial charge on any atom is 0.0557 e. The number of rotatable bonds is 4. The van der Waals surface area contributed by atoms with Crippen molar-refractivity contribution in [3.8, 4) is 0 Å². The third kappa shape index (κ3) is 3.39. The van der Waals surface area contributed by atoms with Gasteiger partial charge in [0.1, 0.15) is 0 Å². The molecule has 94 valence electrons. The molecule has 0 atom stereocenters. The summed E-state index contributed by atoms with van der Waals surface area (Å²) in [6.07, 6.45) is 2.09. The molecule has 0 aliphatic rings. The quantitative estimate of drug-likeness (QED) is 0.634. The van der Waals surface area contributed by atoms with Crippen molar-refractivity contribution < 1.29 is 0 Å². The third-order valence-corrected chi connectivity index (χ3v) is 5.36. The van der Waals surface area contributed by atoms with Gasteiger partial charge < -0.3 is 0 Å². The van der Waals surface area contributed by atoms with E-state index in [-0.39, 0.29) is 0 Å². The molecule has 0 spiro atoms. The second-order valence-corrected chi connectivity index (χ2v) is 6.30. The fourth-order valence-electron chi connectivity index (χ4n) is 1.59. The third-order valence-electron chi connectivity index (χ3n) is 2.48. The molecule has 18 heavy (non-hydrogen) atoms. The molecule has 0 bridgehead atoms. The lowest BCUT2D eigenvalue weighted by molar-refractivity contribution is 1.26. The number of hydrogen-bond acceptors (Lipinski definition) is 2. The summed E-state index contributed by atoms with van der Waals surface area (Å²) in [6.45, 7) is 0. The van der Waals surface area contributed by atoms with E-state index in [1.165, 1.54) is 10.5 Å². The van der Waals surface area contributed by atoms with Crippen molar-refractivity contribution >= 4 is 46.7 Å². The van der Waals surface area contributed by atoms with Crippen molar-refractivity contribution in [2.75, 3.05) is 6.26 Å². The molecule has 4 heteroatoms. The number of benzene rings is 2. The van der Waals surface area contributed by atoms with Crippen molar-refractivity contribution in [3.63, 3.8) is 0 Å². The Morgan fingerprint density at radius 1 is 0.944 bits per heavy atom. The lowest BCUT2D eigenvalue weighted by Gasteiger charge is -2.09. The highest BCUT2D eigenvalue weighted by molar-refractivity contribution is 7.99. The van der Waals surface area contributed by atoms with E-state index in [4.69, 9.17) is 23.2 Å². The molecule has 0 aromatic heterocycles. The summed E-state index contributed by atoms with van der Waals surface area (Å²) < 4.78 is 0. The molecule has 0 heterocycles. The smallest absolute Gasteiger partial charge is 0.0557 e. The van der Waals surface area contributed by atoms with Gasteiger partial charge in [0.05, 0.1) is 10.0 Å². The summed E-state index contributed by atoms with van der Waals surface area (Å²) >= 11 is 15.8.